The van der Waals surface area contributed by atoms with E-state index in [2.05, 4.69) is 115 Å². The smallest absolute Gasteiger partial charge is 0.0656 e. The van der Waals surface area contributed by atoms with Crippen LogP contribution in [-0.4, -0.2) is 32.3 Å². The molecule has 2 aromatic carbocycles. The molecule has 0 N–H and O–H groups in total. The first-order valence-electron chi connectivity index (χ1n) is 11.2. The second-order valence-corrected chi connectivity index (χ2v) is 32.9. The Morgan fingerprint density at radius 2 is 0.759 bits per heavy atom. The van der Waals surface area contributed by atoms with Gasteiger partial charge in [-0.05, 0) is 17.5 Å². The van der Waals surface area contributed by atoms with Crippen molar-refractivity contribution in [2.24, 2.45) is 0 Å². The maximum Gasteiger partial charge on any atom is 0.0778 e. The molecule has 0 aliphatic rings. The predicted octanol–water partition coefficient (Wildman–Crippen LogP) is 5.46. The Kier molecular flexibility index (Phi) is 6.86. The van der Waals surface area contributed by atoms with Crippen molar-refractivity contribution < 1.29 is 0 Å². The lowest BCUT2D eigenvalue weighted by atomic mass is 10.0. The van der Waals surface area contributed by atoms with Crippen molar-refractivity contribution in [2.75, 3.05) is 0 Å². The summed E-state index contributed by atoms with van der Waals surface area (Å²) in [4.78, 5) is 0. The first-order chi connectivity index (χ1) is 12.9. The van der Waals surface area contributed by atoms with Gasteiger partial charge < -0.3 is 0 Å². The highest BCUT2D eigenvalue weighted by Crippen LogP contribution is 2.17. The average molecular weight is 457 g/mol. The van der Waals surface area contributed by atoms with E-state index in [0.717, 1.165) is 6.42 Å². The van der Waals surface area contributed by atoms with Crippen molar-refractivity contribution in [3.63, 3.8) is 0 Å². The molecule has 0 spiro atoms. The van der Waals surface area contributed by atoms with Crippen molar-refractivity contribution in [3.05, 3.63) is 47.5 Å². The van der Waals surface area contributed by atoms with E-state index in [1.54, 1.807) is 31.9 Å². The van der Waals surface area contributed by atoms with Crippen LogP contribution < -0.4 is 20.7 Å². The summed E-state index contributed by atoms with van der Waals surface area (Å²) in [5.41, 5.74) is 3.22. The van der Waals surface area contributed by atoms with Crippen LogP contribution in [-0.2, 0) is 6.42 Å². The molecule has 0 aromatic heterocycles. The normalized spacial score (nSPS) is 13.7. The fraction of sp³-hybridized carbons (Fsp3) is 0.520. The van der Waals surface area contributed by atoms with Gasteiger partial charge in [0.1, 0.15) is 0 Å². The summed E-state index contributed by atoms with van der Waals surface area (Å²) < 4.78 is 0. The third-order valence-electron chi connectivity index (χ3n) is 5.80. The summed E-state index contributed by atoms with van der Waals surface area (Å²) in [6.07, 6.45) is 1.11. The molecule has 29 heavy (non-hydrogen) atoms. The van der Waals surface area contributed by atoms with E-state index in [0.29, 0.717) is 0 Å². The molecule has 4 heteroatoms. The van der Waals surface area contributed by atoms with Crippen LogP contribution in [0.15, 0.2) is 36.4 Å². The second kappa shape index (κ2) is 8.10. The molecule has 0 amide bonds. The van der Waals surface area contributed by atoms with Gasteiger partial charge in [0.2, 0.25) is 0 Å². The highest BCUT2D eigenvalue weighted by Gasteiger charge is 2.32. The molecule has 160 valence electrons. The Hall–Kier alpha value is -0.692. The van der Waals surface area contributed by atoms with Crippen LogP contribution >= 0.6 is 0 Å². The molecule has 0 bridgehead atoms. The Balaban J connectivity index is 2.77. The van der Waals surface area contributed by atoms with Gasteiger partial charge in [-0.15, -0.1) is 0 Å². The van der Waals surface area contributed by atoms with Crippen LogP contribution in [0.1, 0.15) is 11.1 Å². The van der Waals surface area contributed by atoms with Crippen molar-refractivity contribution in [2.45, 2.75) is 85.0 Å². The van der Waals surface area contributed by atoms with Gasteiger partial charge in [-0.3, -0.25) is 0 Å². The van der Waals surface area contributed by atoms with E-state index >= 15 is 0 Å². The zero-order valence-corrected chi connectivity index (χ0v) is 25.2. The second-order valence-electron chi connectivity index (χ2n) is 12.9. The Morgan fingerprint density at radius 1 is 0.448 bits per heavy atom. The predicted molar refractivity (Wildman–Crippen MR) is 148 cm³/mol. The Bertz CT molecular complexity index is 796. The van der Waals surface area contributed by atoms with Crippen LogP contribution in [0, 0.1) is 0 Å². The topological polar surface area (TPSA) is 0 Å². The van der Waals surface area contributed by atoms with Gasteiger partial charge in [-0.1, -0.05) is 136 Å². The first-order valence-corrected chi connectivity index (χ1v) is 25.2. The maximum atomic E-state index is 2.54. The molecule has 0 atom stereocenters. The highest BCUT2D eigenvalue weighted by atomic mass is 28.3. The summed E-state index contributed by atoms with van der Waals surface area (Å²) >= 11 is 0. The van der Waals surface area contributed by atoms with Gasteiger partial charge >= 0.3 is 0 Å². The van der Waals surface area contributed by atoms with Crippen molar-refractivity contribution >= 4 is 53.0 Å². The summed E-state index contributed by atoms with van der Waals surface area (Å²) in [6, 6.07) is 14.4. The van der Waals surface area contributed by atoms with E-state index in [-0.39, 0.29) is 0 Å². The molecule has 0 fully saturated rings. The zero-order valence-electron chi connectivity index (χ0n) is 21.2. The Morgan fingerprint density at radius 3 is 1.00 bits per heavy atom. The fourth-order valence-corrected chi connectivity index (χ4v) is 16.3. The Labute approximate surface area is 185 Å². The molecule has 0 saturated heterocycles. The van der Waals surface area contributed by atoms with Gasteiger partial charge in [-0.2, -0.15) is 0 Å². The number of rotatable bonds is 6. The average Bonchev–Trinajstić information content (AvgIpc) is 2.50. The number of benzene rings is 2. The van der Waals surface area contributed by atoms with Crippen molar-refractivity contribution in [1.82, 2.24) is 0 Å². The van der Waals surface area contributed by atoms with E-state index < -0.39 is 32.3 Å². The standard InChI is InChI=1S/C25H44Si4/c1-26(2,3)22-17-13-15-20(24(22)28(7,8)9)19-21-16-14-18-23(27(4,5)6)25(21)29(10,11)12/h13-18H,19H2,1-12H3. The summed E-state index contributed by atoms with van der Waals surface area (Å²) in [6.45, 7) is 30.3. The summed E-state index contributed by atoms with van der Waals surface area (Å²) in [5, 5.41) is 6.90. The third kappa shape index (κ3) is 5.72. The molecular weight excluding hydrogens is 413 g/mol. The lowest BCUT2D eigenvalue weighted by molar-refractivity contribution is 1.22. The SMILES string of the molecule is C[Si](C)(C)c1cccc(Cc2cccc([Si](C)(C)C)c2[Si](C)(C)C)c1[Si](C)(C)C. The van der Waals surface area contributed by atoms with Gasteiger partial charge in [-0.25, -0.2) is 0 Å². The lowest BCUT2D eigenvalue weighted by Gasteiger charge is -2.33. The largest absolute Gasteiger partial charge is 0.0778 e. The fourth-order valence-electron chi connectivity index (χ4n) is 4.72. The molecule has 0 unspecified atom stereocenters. The van der Waals surface area contributed by atoms with Crippen LogP contribution in [0.5, 0.6) is 0 Å². The minimum absolute atomic E-state index is 1.11. The van der Waals surface area contributed by atoms with Gasteiger partial charge in [0.25, 0.3) is 0 Å². The molecule has 2 rings (SSSR count). The maximum absolute atomic E-state index is 2.54. The summed E-state index contributed by atoms with van der Waals surface area (Å²) in [7, 11) is -5.64. The van der Waals surface area contributed by atoms with E-state index in [4.69, 9.17) is 0 Å². The molecule has 0 nitrogen and oxygen atoms in total. The van der Waals surface area contributed by atoms with Crippen LogP contribution in [0.3, 0.4) is 0 Å². The number of hydrogen-bond donors (Lipinski definition) is 0. The van der Waals surface area contributed by atoms with Crippen LogP contribution in [0.4, 0.5) is 0 Å². The van der Waals surface area contributed by atoms with E-state index in [1.807, 2.05) is 0 Å². The zero-order chi connectivity index (χ0) is 22.4. The van der Waals surface area contributed by atoms with Crippen LogP contribution in [0.25, 0.3) is 0 Å². The highest BCUT2D eigenvalue weighted by molar-refractivity contribution is 6.99. The molecule has 0 aliphatic carbocycles. The minimum Gasteiger partial charge on any atom is -0.0656 e. The quantitative estimate of drug-likeness (QED) is 0.506. The molecule has 0 heterocycles. The van der Waals surface area contributed by atoms with E-state index in [9.17, 15) is 0 Å². The van der Waals surface area contributed by atoms with Crippen molar-refractivity contribution in [3.8, 4) is 0 Å². The molecular formula is C25H44Si4. The van der Waals surface area contributed by atoms with Crippen LogP contribution in [0.2, 0.25) is 78.6 Å². The first kappa shape index (κ1) is 24.6. The van der Waals surface area contributed by atoms with Gasteiger partial charge in [0, 0.05) is 0 Å². The van der Waals surface area contributed by atoms with Gasteiger partial charge in [0.15, 0.2) is 0 Å². The number of hydrogen-bond acceptors (Lipinski definition) is 0. The molecule has 0 saturated carbocycles. The monoisotopic (exact) mass is 456 g/mol. The van der Waals surface area contributed by atoms with Gasteiger partial charge in [0.05, 0.1) is 32.3 Å². The lowest BCUT2D eigenvalue weighted by Crippen LogP contribution is -2.59. The third-order valence-corrected chi connectivity index (χ3v) is 14.5. The van der Waals surface area contributed by atoms with E-state index in [1.165, 1.54) is 0 Å². The minimum atomic E-state index is -1.44. The van der Waals surface area contributed by atoms with Crippen molar-refractivity contribution in [1.29, 1.82) is 0 Å². The molecule has 2 aromatic rings. The summed E-state index contributed by atoms with van der Waals surface area (Å²) in [5.74, 6) is 0. The molecule has 0 aliphatic heterocycles. The molecule has 0 radical (unpaired) electrons.